The maximum Gasteiger partial charge on any atom is 0.240 e. The third-order valence-corrected chi connectivity index (χ3v) is 5.07. The van der Waals surface area contributed by atoms with Crippen molar-refractivity contribution in [2.75, 3.05) is 6.54 Å². The van der Waals surface area contributed by atoms with Crippen molar-refractivity contribution in [2.24, 2.45) is 0 Å². The van der Waals surface area contributed by atoms with Crippen LogP contribution in [0, 0.1) is 13.8 Å². The highest BCUT2D eigenvalue weighted by Gasteiger charge is 2.13. The zero-order valence-electron chi connectivity index (χ0n) is 12.9. The van der Waals surface area contributed by atoms with Crippen LogP contribution in [0.2, 0.25) is 0 Å². The van der Waals surface area contributed by atoms with E-state index in [-0.39, 0.29) is 0 Å². The fourth-order valence-electron chi connectivity index (χ4n) is 2.08. The van der Waals surface area contributed by atoms with Gasteiger partial charge in [0.25, 0.3) is 0 Å². The van der Waals surface area contributed by atoms with Gasteiger partial charge in [0.15, 0.2) is 0 Å². The van der Waals surface area contributed by atoms with Crippen LogP contribution in [0.4, 0.5) is 0 Å². The van der Waals surface area contributed by atoms with E-state index < -0.39 is 10.0 Å². The van der Waals surface area contributed by atoms with Gasteiger partial charge in [-0.2, -0.15) is 0 Å². The Labute approximate surface area is 123 Å². The first-order chi connectivity index (χ1) is 9.47. The predicted molar refractivity (Wildman–Crippen MR) is 84.5 cm³/mol. The van der Waals surface area contributed by atoms with Crippen molar-refractivity contribution >= 4 is 10.0 Å². The molecule has 20 heavy (non-hydrogen) atoms. The first-order valence-corrected chi connectivity index (χ1v) is 9.02. The summed E-state index contributed by atoms with van der Waals surface area (Å²) in [6, 6.07) is 5.26. The molecule has 0 heterocycles. The van der Waals surface area contributed by atoms with Crippen molar-refractivity contribution in [2.45, 2.75) is 64.2 Å². The molecule has 1 aromatic carbocycles. The van der Waals surface area contributed by atoms with E-state index in [2.05, 4.69) is 11.6 Å². The average Bonchev–Trinajstić information content (AvgIpc) is 2.40. The van der Waals surface area contributed by atoms with Gasteiger partial charge in [-0.15, -0.1) is 0 Å². The number of rotatable bonds is 9. The average molecular weight is 297 g/mol. The second-order valence-electron chi connectivity index (χ2n) is 5.41. The minimum absolute atomic E-state index is 0.367. The molecule has 0 fully saturated rings. The Morgan fingerprint density at radius 2 is 1.60 bits per heavy atom. The summed E-state index contributed by atoms with van der Waals surface area (Å²) in [5.41, 5.74) is 2.12. The molecule has 4 heteroatoms. The van der Waals surface area contributed by atoms with Crippen molar-refractivity contribution in [1.29, 1.82) is 0 Å². The molecule has 1 N–H and O–H groups in total. The quantitative estimate of drug-likeness (QED) is 0.702. The number of unbranched alkanes of at least 4 members (excludes halogenated alkanes) is 5. The summed E-state index contributed by atoms with van der Waals surface area (Å²) in [7, 11) is -3.35. The number of hydrogen-bond donors (Lipinski definition) is 1. The standard InChI is InChI=1S/C16H27NO2S/c1-4-5-6-7-8-9-12-17-20(18,19)16-11-10-14(2)15(3)13-16/h10-11,13,17H,4-9,12H2,1-3H3. The lowest BCUT2D eigenvalue weighted by atomic mass is 10.1. The molecule has 0 aliphatic rings. The molecule has 114 valence electrons. The molecule has 0 saturated carbocycles. The fourth-order valence-corrected chi connectivity index (χ4v) is 3.24. The minimum atomic E-state index is -3.35. The Bertz CT molecular complexity index is 509. The third-order valence-electron chi connectivity index (χ3n) is 3.61. The second kappa shape index (κ2) is 8.42. The monoisotopic (exact) mass is 297 g/mol. The predicted octanol–water partition coefficient (Wildman–Crippen LogP) is 3.94. The zero-order chi connectivity index (χ0) is 15.0. The van der Waals surface area contributed by atoms with Crippen LogP contribution in [0.5, 0.6) is 0 Å². The molecule has 0 bridgehead atoms. The van der Waals surface area contributed by atoms with E-state index in [1.807, 2.05) is 19.9 Å². The third kappa shape index (κ3) is 5.63. The first kappa shape index (κ1) is 17.2. The Balaban J connectivity index is 2.40. The number of nitrogens with one attached hydrogen (secondary N) is 1. The molecule has 0 saturated heterocycles. The maximum absolute atomic E-state index is 12.1. The van der Waals surface area contributed by atoms with Crippen LogP contribution in [0.1, 0.15) is 56.6 Å². The molecular formula is C16H27NO2S. The Kier molecular flexibility index (Phi) is 7.24. The topological polar surface area (TPSA) is 46.2 Å². The second-order valence-corrected chi connectivity index (χ2v) is 7.18. The van der Waals surface area contributed by atoms with E-state index in [1.165, 1.54) is 25.7 Å². The van der Waals surface area contributed by atoms with Crippen LogP contribution >= 0.6 is 0 Å². The van der Waals surface area contributed by atoms with Gasteiger partial charge in [0.2, 0.25) is 10.0 Å². The number of hydrogen-bond acceptors (Lipinski definition) is 2. The van der Waals surface area contributed by atoms with E-state index in [0.29, 0.717) is 11.4 Å². The summed E-state index contributed by atoms with van der Waals surface area (Å²) in [5.74, 6) is 0. The van der Waals surface area contributed by atoms with Gasteiger partial charge in [-0.1, -0.05) is 45.1 Å². The van der Waals surface area contributed by atoms with Crippen LogP contribution in [0.25, 0.3) is 0 Å². The van der Waals surface area contributed by atoms with Crippen LogP contribution in [-0.2, 0) is 10.0 Å². The van der Waals surface area contributed by atoms with Crippen LogP contribution in [0.3, 0.4) is 0 Å². The molecular weight excluding hydrogens is 270 g/mol. The normalized spacial score (nSPS) is 11.8. The van der Waals surface area contributed by atoms with Crippen LogP contribution in [-0.4, -0.2) is 15.0 Å². The zero-order valence-corrected chi connectivity index (χ0v) is 13.7. The molecule has 0 unspecified atom stereocenters. The van der Waals surface area contributed by atoms with Crippen molar-refractivity contribution in [3.05, 3.63) is 29.3 Å². The van der Waals surface area contributed by atoms with Gasteiger partial charge < -0.3 is 0 Å². The van der Waals surface area contributed by atoms with Crippen molar-refractivity contribution in [3.8, 4) is 0 Å². The summed E-state index contributed by atoms with van der Waals surface area (Å²) >= 11 is 0. The lowest BCUT2D eigenvalue weighted by Gasteiger charge is -2.08. The van der Waals surface area contributed by atoms with Gasteiger partial charge in [0.1, 0.15) is 0 Å². The van der Waals surface area contributed by atoms with E-state index in [0.717, 1.165) is 24.0 Å². The molecule has 0 radical (unpaired) electrons. The summed E-state index contributed by atoms with van der Waals surface area (Å²) in [5, 5.41) is 0. The molecule has 0 spiro atoms. The molecule has 3 nitrogen and oxygen atoms in total. The summed E-state index contributed by atoms with van der Waals surface area (Å²) in [6.45, 7) is 6.64. The maximum atomic E-state index is 12.1. The Morgan fingerprint density at radius 3 is 2.25 bits per heavy atom. The van der Waals surface area contributed by atoms with Crippen molar-refractivity contribution in [3.63, 3.8) is 0 Å². The molecule has 1 rings (SSSR count). The smallest absolute Gasteiger partial charge is 0.211 e. The Hall–Kier alpha value is -0.870. The van der Waals surface area contributed by atoms with E-state index >= 15 is 0 Å². The van der Waals surface area contributed by atoms with Crippen molar-refractivity contribution < 1.29 is 8.42 Å². The first-order valence-electron chi connectivity index (χ1n) is 7.54. The van der Waals surface area contributed by atoms with Gasteiger partial charge in [0.05, 0.1) is 4.90 Å². The van der Waals surface area contributed by atoms with E-state index in [9.17, 15) is 8.42 Å². The molecule has 0 aliphatic heterocycles. The highest BCUT2D eigenvalue weighted by atomic mass is 32.2. The molecule has 0 atom stereocenters. The van der Waals surface area contributed by atoms with Gasteiger partial charge in [-0.25, -0.2) is 13.1 Å². The van der Waals surface area contributed by atoms with Gasteiger partial charge in [0, 0.05) is 6.54 Å². The minimum Gasteiger partial charge on any atom is -0.211 e. The largest absolute Gasteiger partial charge is 0.240 e. The highest BCUT2D eigenvalue weighted by Crippen LogP contribution is 2.14. The number of aryl methyl sites for hydroxylation is 2. The fraction of sp³-hybridized carbons (Fsp3) is 0.625. The molecule has 0 aliphatic carbocycles. The van der Waals surface area contributed by atoms with Crippen LogP contribution in [0.15, 0.2) is 23.1 Å². The number of sulfonamides is 1. The lowest BCUT2D eigenvalue weighted by Crippen LogP contribution is -2.24. The summed E-state index contributed by atoms with van der Waals surface area (Å²) in [6.07, 6.45) is 6.95. The van der Waals surface area contributed by atoms with Gasteiger partial charge in [-0.05, 0) is 43.5 Å². The van der Waals surface area contributed by atoms with E-state index in [1.54, 1.807) is 12.1 Å². The Morgan fingerprint density at radius 1 is 0.950 bits per heavy atom. The van der Waals surface area contributed by atoms with Crippen LogP contribution < -0.4 is 4.72 Å². The SMILES string of the molecule is CCCCCCCCNS(=O)(=O)c1ccc(C)c(C)c1. The molecule has 0 amide bonds. The number of benzene rings is 1. The van der Waals surface area contributed by atoms with Gasteiger partial charge in [-0.3, -0.25) is 0 Å². The summed E-state index contributed by atoms with van der Waals surface area (Å²) in [4.78, 5) is 0.367. The molecule has 1 aromatic rings. The van der Waals surface area contributed by atoms with Gasteiger partial charge >= 0.3 is 0 Å². The summed E-state index contributed by atoms with van der Waals surface area (Å²) < 4.78 is 26.9. The van der Waals surface area contributed by atoms with E-state index in [4.69, 9.17) is 0 Å². The molecule has 0 aromatic heterocycles. The van der Waals surface area contributed by atoms with Crippen molar-refractivity contribution in [1.82, 2.24) is 4.72 Å². The lowest BCUT2D eigenvalue weighted by molar-refractivity contribution is 0.567. The highest BCUT2D eigenvalue weighted by molar-refractivity contribution is 7.89.